The molecule has 3 aromatic rings. The average Bonchev–Trinajstić information content (AvgIpc) is 2.94. The maximum absolute atomic E-state index is 12.2. The van der Waals surface area contributed by atoms with E-state index < -0.39 is 0 Å². The number of ether oxygens (including phenoxy) is 1. The number of hydrogen-bond acceptors (Lipinski definition) is 5. The zero-order chi connectivity index (χ0) is 19.8. The Balaban J connectivity index is 2.17. The molecule has 0 unspecified atom stereocenters. The van der Waals surface area contributed by atoms with Crippen LogP contribution in [0.15, 0.2) is 30.6 Å². The Kier molecular flexibility index (Phi) is 5.06. The highest BCUT2D eigenvalue weighted by Crippen LogP contribution is 2.35. The molecule has 0 aliphatic carbocycles. The van der Waals surface area contributed by atoms with Crippen molar-refractivity contribution in [1.82, 2.24) is 19.7 Å². The number of aromatic nitrogens is 4. The van der Waals surface area contributed by atoms with Crippen LogP contribution in [0.4, 0.5) is 5.82 Å². The molecule has 0 bridgehead atoms. The molecule has 0 saturated heterocycles. The lowest BCUT2D eigenvalue weighted by Gasteiger charge is -2.19. The van der Waals surface area contributed by atoms with Crippen molar-refractivity contribution in [1.29, 1.82) is 0 Å². The number of fused-ring (bicyclic) bond motifs is 1. The van der Waals surface area contributed by atoms with Crippen molar-refractivity contribution in [2.45, 2.75) is 40.2 Å². The number of anilines is 1. The van der Waals surface area contributed by atoms with Gasteiger partial charge in [0.05, 0.1) is 5.54 Å². The van der Waals surface area contributed by atoms with E-state index >= 15 is 0 Å². The summed E-state index contributed by atoms with van der Waals surface area (Å²) in [4.78, 5) is 20.8. The predicted molar refractivity (Wildman–Crippen MR) is 105 cm³/mol. The van der Waals surface area contributed by atoms with Crippen LogP contribution in [0.1, 0.15) is 34.6 Å². The Morgan fingerprint density at radius 1 is 1.26 bits per heavy atom. The molecule has 0 atom stereocenters. The van der Waals surface area contributed by atoms with Crippen molar-refractivity contribution < 1.29 is 9.53 Å². The Morgan fingerprint density at radius 2 is 2.00 bits per heavy atom. The summed E-state index contributed by atoms with van der Waals surface area (Å²) >= 11 is 6.05. The third-order valence-electron chi connectivity index (χ3n) is 3.84. The van der Waals surface area contributed by atoms with E-state index in [4.69, 9.17) is 16.3 Å². The third kappa shape index (κ3) is 4.03. The fourth-order valence-corrected chi connectivity index (χ4v) is 2.64. The zero-order valence-electron chi connectivity index (χ0n) is 15.9. The smallest absolute Gasteiger partial charge is 0.251 e. The number of carbonyl (C=O) groups is 1. The monoisotopic (exact) mass is 387 g/mol. The van der Waals surface area contributed by atoms with E-state index in [-0.39, 0.29) is 17.4 Å². The molecular formula is C19H22ClN5O2. The lowest BCUT2D eigenvalue weighted by atomic mass is 10.1. The summed E-state index contributed by atoms with van der Waals surface area (Å²) < 4.78 is 7.74. The molecule has 0 radical (unpaired) electrons. The summed E-state index contributed by atoms with van der Waals surface area (Å²) in [7, 11) is 0. The average molecular weight is 388 g/mol. The molecule has 0 spiro atoms. The summed E-state index contributed by atoms with van der Waals surface area (Å²) in [6, 6.07) is 7.03. The lowest BCUT2D eigenvalue weighted by molar-refractivity contribution is -0.118. The van der Waals surface area contributed by atoms with Crippen LogP contribution >= 0.6 is 11.6 Å². The van der Waals surface area contributed by atoms with Gasteiger partial charge in [0.2, 0.25) is 5.91 Å². The standard InChI is InChI=1S/C19H22ClN5O2/c1-11(2)17(26)23-15-14-16(22-10-21-15)25(19(3,4)5)24-18(14)27-13-8-6-7-12(20)9-13/h6-11H,1-5H3,(H,21,22,23,26). The molecule has 1 N–H and O–H groups in total. The van der Waals surface area contributed by atoms with Gasteiger partial charge in [-0.05, 0) is 39.0 Å². The molecule has 2 heterocycles. The van der Waals surface area contributed by atoms with E-state index in [1.165, 1.54) is 6.33 Å². The Labute approximate surface area is 162 Å². The zero-order valence-corrected chi connectivity index (χ0v) is 16.7. The molecule has 142 valence electrons. The van der Waals surface area contributed by atoms with Gasteiger partial charge in [-0.2, -0.15) is 0 Å². The van der Waals surface area contributed by atoms with Crippen LogP contribution in [0.25, 0.3) is 11.0 Å². The second-order valence-electron chi connectivity index (χ2n) is 7.51. The van der Waals surface area contributed by atoms with E-state index in [9.17, 15) is 4.79 Å². The van der Waals surface area contributed by atoms with Crippen LogP contribution in [0.3, 0.4) is 0 Å². The first-order valence-electron chi connectivity index (χ1n) is 8.65. The van der Waals surface area contributed by atoms with E-state index in [0.717, 1.165) is 0 Å². The molecule has 27 heavy (non-hydrogen) atoms. The van der Waals surface area contributed by atoms with Crippen LogP contribution < -0.4 is 10.1 Å². The van der Waals surface area contributed by atoms with Gasteiger partial charge in [0, 0.05) is 10.9 Å². The van der Waals surface area contributed by atoms with Gasteiger partial charge in [-0.15, -0.1) is 5.10 Å². The van der Waals surface area contributed by atoms with Crippen molar-refractivity contribution in [3.63, 3.8) is 0 Å². The molecular weight excluding hydrogens is 366 g/mol. The first-order chi connectivity index (χ1) is 12.7. The quantitative estimate of drug-likeness (QED) is 0.706. The van der Waals surface area contributed by atoms with Gasteiger partial charge in [-0.25, -0.2) is 14.6 Å². The summed E-state index contributed by atoms with van der Waals surface area (Å²) in [6.45, 7) is 9.66. The summed E-state index contributed by atoms with van der Waals surface area (Å²) in [5.41, 5.74) is 0.232. The van der Waals surface area contributed by atoms with E-state index in [2.05, 4.69) is 20.4 Å². The normalized spacial score (nSPS) is 11.8. The predicted octanol–water partition coefficient (Wildman–Crippen LogP) is 4.62. The van der Waals surface area contributed by atoms with Crippen molar-refractivity contribution in [2.75, 3.05) is 5.32 Å². The highest BCUT2D eigenvalue weighted by Gasteiger charge is 2.26. The second kappa shape index (κ2) is 7.15. The molecule has 0 saturated carbocycles. The van der Waals surface area contributed by atoms with Crippen LogP contribution in [0, 0.1) is 5.92 Å². The highest BCUT2D eigenvalue weighted by atomic mass is 35.5. The minimum atomic E-state index is -0.345. The van der Waals surface area contributed by atoms with Crippen molar-refractivity contribution in [2.24, 2.45) is 5.92 Å². The molecule has 0 fully saturated rings. The Morgan fingerprint density at radius 3 is 2.63 bits per heavy atom. The van der Waals surface area contributed by atoms with Gasteiger partial charge in [0.1, 0.15) is 17.5 Å². The van der Waals surface area contributed by atoms with Crippen molar-refractivity contribution in [3.05, 3.63) is 35.6 Å². The van der Waals surface area contributed by atoms with Crippen LogP contribution in [0.5, 0.6) is 11.6 Å². The minimum Gasteiger partial charge on any atom is -0.437 e. The number of rotatable bonds is 4. The molecule has 0 aliphatic rings. The van der Waals surface area contributed by atoms with Gasteiger partial charge < -0.3 is 10.1 Å². The van der Waals surface area contributed by atoms with Gasteiger partial charge >= 0.3 is 0 Å². The maximum Gasteiger partial charge on any atom is 0.251 e. The number of nitrogens with one attached hydrogen (secondary N) is 1. The molecule has 8 heteroatoms. The maximum atomic E-state index is 12.2. The number of hydrogen-bond donors (Lipinski definition) is 1. The molecule has 1 aromatic carbocycles. The number of benzene rings is 1. The van der Waals surface area contributed by atoms with Gasteiger partial charge in [-0.3, -0.25) is 4.79 Å². The fourth-order valence-electron chi connectivity index (χ4n) is 2.46. The largest absolute Gasteiger partial charge is 0.437 e. The van der Waals surface area contributed by atoms with Gasteiger partial charge in [0.15, 0.2) is 11.5 Å². The number of halogens is 1. The first kappa shape index (κ1) is 19.1. The SMILES string of the molecule is CC(C)C(=O)Nc1ncnc2c1c(Oc1cccc(Cl)c1)nn2C(C)(C)C. The molecule has 3 rings (SSSR count). The van der Waals surface area contributed by atoms with E-state index in [1.54, 1.807) is 28.9 Å². The minimum absolute atomic E-state index is 0.146. The van der Waals surface area contributed by atoms with E-state index in [1.807, 2.05) is 34.6 Å². The Hall–Kier alpha value is -2.67. The Bertz CT molecular complexity index is 991. The van der Waals surface area contributed by atoms with Crippen LogP contribution in [-0.2, 0) is 10.3 Å². The number of carbonyl (C=O) groups excluding carboxylic acids is 1. The van der Waals surface area contributed by atoms with Crippen molar-refractivity contribution >= 4 is 34.4 Å². The highest BCUT2D eigenvalue weighted by molar-refractivity contribution is 6.30. The molecule has 7 nitrogen and oxygen atoms in total. The van der Waals surface area contributed by atoms with Gasteiger partial charge in [0.25, 0.3) is 5.88 Å². The summed E-state index contributed by atoms with van der Waals surface area (Å²) in [5.74, 6) is 0.873. The molecule has 0 aliphatic heterocycles. The first-order valence-corrected chi connectivity index (χ1v) is 9.03. The summed E-state index contributed by atoms with van der Waals surface area (Å²) in [6.07, 6.45) is 1.41. The second-order valence-corrected chi connectivity index (χ2v) is 7.95. The summed E-state index contributed by atoms with van der Waals surface area (Å²) in [5, 5.41) is 8.53. The molecule has 1 amide bonds. The van der Waals surface area contributed by atoms with E-state index in [0.29, 0.717) is 33.5 Å². The van der Waals surface area contributed by atoms with Crippen LogP contribution in [0.2, 0.25) is 5.02 Å². The molecule has 2 aromatic heterocycles. The lowest BCUT2D eigenvalue weighted by Crippen LogP contribution is -2.23. The third-order valence-corrected chi connectivity index (χ3v) is 4.08. The number of amides is 1. The number of nitrogens with zero attached hydrogens (tertiary/aromatic N) is 4. The fraction of sp³-hybridized carbons (Fsp3) is 0.368. The topological polar surface area (TPSA) is 81.9 Å². The van der Waals surface area contributed by atoms with Gasteiger partial charge in [-0.1, -0.05) is 31.5 Å². The van der Waals surface area contributed by atoms with Crippen LogP contribution in [-0.4, -0.2) is 25.7 Å². The van der Waals surface area contributed by atoms with Crippen molar-refractivity contribution in [3.8, 4) is 11.6 Å².